The first-order valence-corrected chi connectivity index (χ1v) is 10.7. The number of amides is 2. The molecule has 10 heteroatoms. The Morgan fingerprint density at radius 1 is 1.13 bits per heavy atom. The molecule has 2 aromatic carbocycles. The van der Waals surface area contributed by atoms with E-state index in [4.69, 9.17) is 14.0 Å². The van der Waals surface area contributed by atoms with Gasteiger partial charge in [0.1, 0.15) is 0 Å². The second-order valence-corrected chi connectivity index (χ2v) is 7.67. The maximum Gasteiger partial charge on any atom is 0.253 e. The molecule has 0 aliphatic carbocycles. The molecule has 0 fully saturated rings. The van der Waals surface area contributed by atoms with Gasteiger partial charge < -0.3 is 24.6 Å². The highest BCUT2D eigenvalue weighted by molar-refractivity contribution is 7.99. The van der Waals surface area contributed by atoms with E-state index in [1.54, 1.807) is 31.2 Å². The zero-order valence-corrected chi connectivity index (χ0v) is 17.5. The van der Waals surface area contributed by atoms with Crippen molar-refractivity contribution in [2.45, 2.75) is 19.2 Å². The molecule has 2 heterocycles. The minimum absolute atomic E-state index is 0.195. The summed E-state index contributed by atoms with van der Waals surface area (Å²) in [5.74, 6) is 2.52. The summed E-state index contributed by atoms with van der Waals surface area (Å²) in [5.41, 5.74) is 1.72. The highest BCUT2D eigenvalue weighted by atomic mass is 32.2. The molecule has 4 rings (SSSR count). The Bertz CT molecular complexity index is 1100. The summed E-state index contributed by atoms with van der Waals surface area (Å²) in [6.07, 6.45) is 0. The third kappa shape index (κ3) is 5.34. The summed E-state index contributed by atoms with van der Waals surface area (Å²) in [7, 11) is 0. The number of para-hydroxylation sites is 1. The number of aryl methyl sites for hydroxylation is 1. The fraction of sp³-hybridized carbons (Fsp3) is 0.238. The lowest BCUT2D eigenvalue weighted by Gasteiger charge is -2.11. The van der Waals surface area contributed by atoms with E-state index in [1.807, 2.05) is 18.2 Å². The summed E-state index contributed by atoms with van der Waals surface area (Å²) >= 11 is 1.36. The van der Waals surface area contributed by atoms with E-state index in [-0.39, 0.29) is 24.4 Å². The minimum atomic E-state index is -0.288. The maximum absolute atomic E-state index is 12.7. The average Bonchev–Trinajstić information content (AvgIpc) is 3.40. The molecule has 0 saturated heterocycles. The predicted octanol–water partition coefficient (Wildman–Crippen LogP) is 2.91. The van der Waals surface area contributed by atoms with E-state index in [1.165, 1.54) is 11.8 Å². The first-order valence-electron chi connectivity index (χ1n) is 9.51. The fourth-order valence-electron chi connectivity index (χ4n) is 2.94. The molecule has 0 radical (unpaired) electrons. The number of nitrogens with zero attached hydrogens (tertiary/aromatic N) is 2. The van der Waals surface area contributed by atoms with Crippen molar-refractivity contribution in [1.29, 1.82) is 0 Å². The number of rotatable bonds is 8. The molecule has 1 aliphatic heterocycles. The van der Waals surface area contributed by atoms with Crippen LogP contribution in [0.3, 0.4) is 0 Å². The summed E-state index contributed by atoms with van der Waals surface area (Å²) < 4.78 is 15.6. The van der Waals surface area contributed by atoms with E-state index in [9.17, 15) is 9.59 Å². The van der Waals surface area contributed by atoms with Crippen molar-refractivity contribution in [2.75, 3.05) is 17.9 Å². The van der Waals surface area contributed by atoms with E-state index < -0.39 is 0 Å². The van der Waals surface area contributed by atoms with Crippen molar-refractivity contribution in [3.8, 4) is 11.5 Å². The largest absolute Gasteiger partial charge is 0.454 e. The van der Waals surface area contributed by atoms with Crippen LogP contribution in [-0.2, 0) is 17.1 Å². The van der Waals surface area contributed by atoms with Crippen molar-refractivity contribution in [1.82, 2.24) is 15.5 Å². The number of ether oxygens (including phenoxy) is 2. The first kappa shape index (κ1) is 20.7. The Kier molecular flexibility index (Phi) is 6.37. The van der Waals surface area contributed by atoms with Crippen LogP contribution >= 0.6 is 11.8 Å². The zero-order chi connectivity index (χ0) is 21.6. The lowest BCUT2D eigenvalue weighted by atomic mass is 10.1. The van der Waals surface area contributed by atoms with Crippen LogP contribution in [0.5, 0.6) is 11.5 Å². The molecule has 2 N–H and O–H groups in total. The number of benzene rings is 2. The highest BCUT2D eigenvalue weighted by Crippen LogP contribution is 2.32. The van der Waals surface area contributed by atoms with Gasteiger partial charge in [0, 0.05) is 13.5 Å². The van der Waals surface area contributed by atoms with Crippen LogP contribution in [0.1, 0.15) is 27.6 Å². The minimum Gasteiger partial charge on any atom is -0.454 e. The summed E-state index contributed by atoms with van der Waals surface area (Å²) in [6, 6.07) is 12.4. The molecule has 0 atom stereocenters. The third-order valence-corrected chi connectivity index (χ3v) is 5.30. The number of anilines is 1. The van der Waals surface area contributed by atoms with Gasteiger partial charge in [0.25, 0.3) is 5.91 Å². The van der Waals surface area contributed by atoms with Gasteiger partial charge in [-0.2, -0.15) is 4.98 Å². The Labute approximate surface area is 182 Å². The molecular weight excluding hydrogens is 420 g/mol. The van der Waals surface area contributed by atoms with Crippen molar-refractivity contribution in [2.24, 2.45) is 0 Å². The topological polar surface area (TPSA) is 116 Å². The molecule has 1 aromatic heterocycles. The first-order chi connectivity index (χ1) is 15.1. The number of fused-ring (bicyclic) bond motifs is 1. The van der Waals surface area contributed by atoms with Gasteiger partial charge in [-0.15, -0.1) is 11.8 Å². The monoisotopic (exact) mass is 440 g/mol. The zero-order valence-electron chi connectivity index (χ0n) is 16.7. The smallest absolute Gasteiger partial charge is 0.253 e. The number of thioether (sulfide) groups is 1. The predicted molar refractivity (Wildman–Crippen MR) is 114 cm³/mol. The Balaban J connectivity index is 1.31. The maximum atomic E-state index is 12.7. The molecule has 9 nitrogen and oxygen atoms in total. The molecule has 3 aromatic rings. The van der Waals surface area contributed by atoms with E-state index in [2.05, 4.69) is 20.8 Å². The molecule has 2 amide bonds. The number of aromatic nitrogens is 2. The average molecular weight is 440 g/mol. The van der Waals surface area contributed by atoms with Crippen molar-refractivity contribution in [3.05, 3.63) is 65.3 Å². The van der Waals surface area contributed by atoms with Crippen LogP contribution in [0.25, 0.3) is 0 Å². The number of carbonyl (C=O) groups excluding carboxylic acids is 2. The van der Waals surface area contributed by atoms with Crippen LogP contribution < -0.4 is 20.1 Å². The van der Waals surface area contributed by atoms with Gasteiger partial charge in [-0.1, -0.05) is 23.4 Å². The molecule has 1 aliphatic rings. The Morgan fingerprint density at radius 3 is 2.81 bits per heavy atom. The van der Waals surface area contributed by atoms with Crippen LogP contribution in [0.4, 0.5) is 5.69 Å². The number of hydrogen-bond donors (Lipinski definition) is 2. The van der Waals surface area contributed by atoms with Crippen molar-refractivity contribution >= 4 is 29.3 Å². The van der Waals surface area contributed by atoms with Crippen molar-refractivity contribution < 1.29 is 23.6 Å². The van der Waals surface area contributed by atoms with Gasteiger partial charge in [-0.25, -0.2) is 0 Å². The lowest BCUT2D eigenvalue weighted by Crippen LogP contribution is -2.25. The Hall–Kier alpha value is -3.53. The van der Waals surface area contributed by atoms with Crippen LogP contribution in [0.15, 0.2) is 47.0 Å². The quantitative estimate of drug-likeness (QED) is 0.549. The van der Waals surface area contributed by atoms with Gasteiger partial charge >= 0.3 is 0 Å². The standard InChI is InChI=1S/C21H20N4O5S/c1-13-23-19(25-30-13)10-31-11-20(26)24-16-5-3-2-4-15(16)21(27)22-9-14-6-7-17-18(8-14)29-12-28-17/h2-8H,9-12H2,1H3,(H,22,27)(H,24,26). The van der Waals surface area contributed by atoms with Crippen LogP contribution in [-0.4, -0.2) is 34.5 Å². The third-order valence-electron chi connectivity index (χ3n) is 4.37. The summed E-state index contributed by atoms with van der Waals surface area (Å²) in [6.45, 7) is 2.23. The van der Waals surface area contributed by atoms with Crippen LogP contribution in [0, 0.1) is 6.92 Å². The second kappa shape index (κ2) is 9.52. The van der Waals surface area contributed by atoms with Gasteiger partial charge in [0.2, 0.25) is 18.6 Å². The molecule has 160 valence electrons. The number of hydrogen-bond acceptors (Lipinski definition) is 8. The number of carbonyl (C=O) groups is 2. The Morgan fingerprint density at radius 2 is 1.97 bits per heavy atom. The lowest BCUT2D eigenvalue weighted by molar-refractivity contribution is -0.113. The second-order valence-electron chi connectivity index (χ2n) is 6.69. The molecule has 0 saturated carbocycles. The number of nitrogens with one attached hydrogen (secondary N) is 2. The van der Waals surface area contributed by atoms with Gasteiger partial charge in [-0.05, 0) is 29.8 Å². The summed E-state index contributed by atoms with van der Waals surface area (Å²) in [5, 5.41) is 9.45. The van der Waals surface area contributed by atoms with Gasteiger partial charge in [0.05, 0.1) is 22.8 Å². The van der Waals surface area contributed by atoms with E-state index >= 15 is 0 Å². The van der Waals surface area contributed by atoms with Crippen molar-refractivity contribution in [3.63, 3.8) is 0 Å². The molecule has 0 bridgehead atoms. The molecule has 31 heavy (non-hydrogen) atoms. The molecular formula is C21H20N4O5S. The summed E-state index contributed by atoms with van der Waals surface area (Å²) in [4.78, 5) is 29.1. The molecule has 0 unspecified atom stereocenters. The highest BCUT2D eigenvalue weighted by Gasteiger charge is 2.16. The normalized spacial score (nSPS) is 11.9. The molecule has 0 spiro atoms. The van der Waals surface area contributed by atoms with Crippen LogP contribution in [0.2, 0.25) is 0 Å². The van der Waals surface area contributed by atoms with Gasteiger partial charge in [-0.3, -0.25) is 9.59 Å². The van der Waals surface area contributed by atoms with Gasteiger partial charge in [0.15, 0.2) is 17.3 Å². The van der Waals surface area contributed by atoms with E-state index in [0.717, 1.165) is 5.56 Å². The SMILES string of the molecule is Cc1nc(CSCC(=O)Nc2ccccc2C(=O)NCc2ccc3c(c2)OCO3)no1. The fourth-order valence-corrected chi connectivity index (χ4v) is 3.60. The van der Waals surface area contributed by atoms with E-state index in [0.29, 0.717) is 46.8 Å².